The molecule has 0 atom stereocenters. The second-order valence-electron chi connectivity index (χ2n) is 3.13. The van der Waals surface area contributed by atoms with Crippen LogP contribution in [0.2, 0.25) is 0 Å². The molecule has 0 saturated carbocycles. The van der Waals surface area contributed by atoms with Crippen molar-refractivity contribution in [2.24, 2.45) is 0 Å². The summed E-state index contributed by atoms with van der Waals surface area (Å²) in [5, 5.41) is 16.5. The minimum atomic E-state index is -0.949. The van der Waals surface area contributed by atoms with Crippen LogP contribution >= 0.6 is 11.8 Å². The van der Waals surface area contributed by atoms with Crippen LogP contribution in [-0.4, -0.2) is 36.7 Å². The van der Waals surface area contributed by atoms with Gasteiger partial charge in [-0.3, -0.25) is 4.79 Å². The third-order valence-electron chi connectivity index (χ3n) is 1.94. The predicted molar refractivity (Wildman–Crippen MR) is 58.8 cm³/mol. The molecule has 0 fully saturated rings. The van der Waals surface area contributed by atoms with Gasteiger partial charge in [0.25, 0.3) is 0 Å². The summed E-state index contributed by atoms with van der Waals surface area (Å²) in [6.45, 7) is 1.75. The molecule has 0 spiro atoms. The highest BCUT2D eigenvalue weighted by Crippen LogP contribution is 2.23. The van der Waals surface area contributed by atoms with E-state index in [1.807, 2.05) is 0 Å². The van der Waals surface area contributed by atoms with Crippen LogP contribution in [0.5, 0.6) is 0 Å². The van der Waals surface area contributed by atoms with E-state index >= 15 is 0 Å². The van der Waals surface area contributed by atoms with Crippen molar-refractivity contribution in [3.8, 4) is 11.6 Å². The van der Waals surface area contributed by atoms with E-state index in [0.29, 0.717) is 22.4 Å². The molecular formula is C8H9N5O3S. The van der Waals surface area contributed by atoms with E-state index < -0.39 is 5.97 Å². The summed E-state index contributed by atoms with van der Waals surface area (Å²) in [5.41, 5.74) is 0.638. The van der Waals surface area contributed by atoms with Gasteiger partial charge in [0.05, 0.1) is 11.4 Å². The van der Waals surface area contributed by atoms with Gasteiger partial charge in [0, 0.05) is 0 Å². The maximum Gasteiger partial charge on any atom is 0.313 e. The Labute approximate surface area is 99.8 Å². The average Bonchev–Trinajstić information content (AvgIpc) is 2.82. The molecule has 0 saturated heterocycles. The third-order valence-corrected chi connectivity index (χ3v) is 2.87. The second kappa shape index (κ2) is 4.45. The number of carbonyl (C=O) groups is 1. The summed E-state index contributed by atoms with van der Waals surface area (Å²) in [6, 6.07) is 0. The number of thioether (sulfide) groups is 1. The van der Waals surface area contributed by atoms with Crippen LogP contribution in [0.4, 0.5) is 0 Å². The summed E-state index contributed by atoms with van der Waals surface area (Å²) < 4.78 is 6.31. The van der Waals surface area contributed by atoms with Crippen LogP contribution in [0.15, 0.2) is 16.0 Å². The lowest BCUT2D eigenvalue weighted by molar-refractivity contribution is -0.133. The fourth-order valence-electron chi connectivity index (χ4n) is 1.17. The highest BCUT2D eigenvalue weighted by Gasteiger charge is 2.17. The smallest absolute Gasteiger partial charge is 0.313 e. The number of aryl methyl sites for hydroxylation is 1. The van der Waals surface area contributed by atoms with Gasteiger partial charge in [0.15, 0.2) is 12.2 Å². The number of aliphatic carboxylic acids is 1. The summed E-state index contributed by atoms with van der Waals surface area (Å²) in [5.74, 6) is 5.39. The van der Waals surface area contributed by atoms with Crippen molar-refractivity contribution in [1.29, 1.82) is 0 Å². The molecule has 0 aromatic carbocycles. The van der Waals surface area contributed by atoms with Gasteiger partial charge in [-0.2, -0.15) is 0 Å². The monoisotopic (exact) mass is 255 g/mol. The number of hydrogen-bond donors (Lipinski definition) is 2. The number of rotatable bonds is 4. The predicted octanol–water partition coefficient (Wildman–Crippen LogP) is 0.132. The third kappa shape index (κ3) is 2.23. The molecule has 2 aromatic rings. The number of aromatic nitrogens is 4. The van der Waals surface area contributed by atoms with Crippen molar-refractivity contribution < 1.29 is 14.3 Å². The lowest BCUT2D eigenvalue weighted by Gasteiger charge is -2.00. The summed E-state index contributed by atoms with van der Waals surface area (Å²) >= 11 is 0.982. The molecule has 2 aromatic heterocycles. The molecule has 0 bridgehead atoms. The molecule has 9 heteroatoms. The van der Waals surface area contributed by atoms with E-state index in [4.69, 9.17) is 15.4 Å². The first-order valence-corrected chi connectivity index (χ1v) is 5.53. The fraction of sp³-hybridized carbons (Fsp3) is 0.250. The number of carboxylic acids is 1. The normalized spacial score (nSPS) is 10.6. The molecule has 90 valence electrons. The molecule has 17 heavy (non-hydrogen) atoms. The first-order valence-electron chi connectivity index (χ1n) is 4.55. The van der Waals surface area contributed by atoms with E-state index in [1.165, 1.54) is 11.1 Å². The van der Waals surface area contributed by atoms with Crippen molar-refractivity contribution in [3.05, 3.63) is 12.1 Å². The largest absolute Gasteiger partial charge is 0.481 e. The van der Waals surface area contributed by atoms with Crippen molar-refractivity contribution in [1.82, 2.24) is 19.9 Å². The molecule has 0 amide bonds. The number of carboxylic acid groups (broad SMARTS) is 1. The molecule has 0 aliphatic heterocycles. The fourth-order valence-corrected chi connectivity index (χ4v) is 1.75. The van der Waals surface area contributed by atoms with E-state index in [2.05, 4.69) is 15.2 Å². The van der Waals surface area contributed by atoms with Crippen LogP contribution in [0, 0.1) is 6.92 Å². The zero-order valence-corrected chi connectivity index (χ0v) is 9.64. The van der Waals surface area contributed by atoms with Gasteiger partial charge >= 0.3 is 5.97 Å². The Morgan fingerprint density at radius 3 is 3.00 bits per heavy atom. The van der Waals surface area contributed by atoms with E-state index in [-0.39, 0.29) is 5.75 Å². The van der Waals surface area contributed by atoms with Gasteiger partial charge in [-0.05, 0) is 6.92 Å². The van der Waals surface area contributed by atoms with Gasteiger partial charge in [-0.15, -0.1) is 10.2 Å². The molecule has 0 aliphatic carbocycles. The quantitative estimate of drug-likeness (QED) is 0.584. The van der Waals surface area contributed by atoms with Crippen LogP contribution < -0.4 is 5.84 Å². The van der Waals surface area contributed by atoms with Gasteiger partial charge in [-0.25, -0.2) is 9.66 Å². The highest BCUT2D eigenvalue weighted by atomic mass is 32.2. The molecule has 8 nitrogen and oxygen atoms in total. The van der Waals surface area contributed by atoms with Gasteiger partial charge in [0.2, 0.25) is 11.0 Å². The Balaban J connectivity index is 2.27. The average molecular weight is 255 g/mol. The van der Waals surface area contributed by atoms with E-state index in [1.54, 1.807) is 6.92 Å². The number of oxazole rings is 1. The standard InChI is InChI=1S/C8H9N5O3S/c1-4-6(16-3-10-4)7-11-12-8(13(7)9)17-2-5(14)15/h3H,2,9H2,1H3,(H,14,15). The molecule has 2 heterocycles. The lowest BCUT2D eigenvalue weighted by Crippen LogP contribution is -2.12. The van der Waals surface area contributed by atoms with Crippen LogP contribution in [0.25, 0.3) is 11.6 Å². The molecule has 0 radical (unpaired) electrons. The van der Waals surface area contributed by atoms with Gasteiger partial charge in [0.1, 0.15) is 0 Å². The zero-order chi connectivity index (χ0) is 12.4. The minimum Gasteiger partial charge on any atom is -0.481 e. The van der Waals surface area contributed by atoms with Crippen molar-refractivity contribution >= 4 is 17.7 Å². The maximum absolute atomic E-state index is 10.4. The van der Waals surface area contributed by atoms with Gasteiger partial charge in [-0.1, -0.05) is 11.8 Å². The van der Waals surface area contributed by atoms with Crippen LogP contribution in [0.1, 0.15) is 5.69 Å². The number of hydrogen-bond acceptors (Lipinski definition) is 7. The Morgan fingerprint density at radius 1 is 1.65 bits per heavy atom. The SMILES string of the molecule is Cc1ncoc1-c1nnc(SCC(=O)O)n1N. The molecule has 2 rings (SSSR count). The van der Waals surface area contributed by atoms with E-state index in [9.17, 15) is 4.79 Å². The Morgan fingerprint density at radius 2 is 2.41 bits per heavy atom. The second-order valence-corrected chi connectivity index (χ2v) is 4.07. The molecule has 3 N–H and O–H groups in total. The Hall–Kier alpha value is -2.03. The van der Waals surface area contributed by atoms with Crippen LogP contribution in [0.3, 0.4) is 0 Å². The van der Waals surface area contributed by atoms with Crippen molar-refractivity contribution in [2.45, 2.75) is 12.1 Å². The lowest BCUT2D eigenvalue weighted by atomic mass is 10.3. The van der Waals surface area contributed by atoms with Crippen molar-refractivity contribution in [3.63, 3.8) is 0 Å². The number of nitrogens with zero attached hydrogens (tertiary/aromatic N) is 4. The first kappa shape index (κ1) is 11.5. The van der Waals surface area contributed by atoms with Gasteiger partial charge < -0.3 is 15.4 Å². The highest BCUT2D eigenvalue weighted by molar-refractivity contribution is 7.99. The zero-order valence-electron chi connectivity index (χ0n) is 8.82. The maximum atomic E-state index is 10.4. The summed E-state index contributed by atoms with van der Waals surface area (Å²) in [4.78, 5) is 14.3. The Kier molecular flexibility index (Phi) is 3.00. The summed E-state index contributed by atoms with van der Waals surface area (Å²) in [6.07, 6.45) is 1.28. The Bertz CT molecular complexity index is 549. The summed E-state index contributed by atoms with van der Waals surface area (Å²) in [7, 11) is 0. The molecule has 0 aliphatic rings. The van der Waals surface area contributed by atoms with E-state index in [0.717, 1.165) is 11.8 Å². The van der Waals surface area contributed by atoms with Crippen molar-refractivity contribution in [2.75, 3.05) is 11.6 Å². The number of nitrogen functional groups attached to an aromatic ring is 1. The number of nitrogens with two attached hydrogens (primary N) is 1. The molecular weight excluding hydrogens is 246 g/mol. The first-order chi connectivity index (χ1) is 8.09. The minimum absolute atomic E-state index is 0.134. The van der Waals surface area contributed by atoms with Crippen LogP contribution in [-0.2, 0) is 4.79 Å². The molecule has 0 unspecified atom stereocenters. The topological polar surface area (TPSA) is 120 Å².